The molecule has 3 unspecified atom stereocenters. The van der Waals surface area contributed by atoms with Crippen LogP contribution in [0.4, 0.5) is 0 Å². The first kappa shape index (κ1) is 13.8. The number of H-pyrrole nitrogens is 1. The number of rotatable bonds is 3. The second-order valence-corrected chi connectivity index (χ2v) is 7.66. The molecule has 0 saturated carbocycles. The van der Waals surface area contributed by atoms with Gasteiger partial charge in [-0.05, 0) is 26.2 Å². The third kappa shape index (κ3) is 2.32. The van der Waals surface area contributed by atoms with Crippen LogP contribution >= 0.6 is 10.7 Å². The van der Waals surface area contributed by atoms with Crippen molar-refractivity contribution in [2.45, 2.75) is 49.3 Å². The van der Waals surface area contributed by atoms with E-state index in [1.807, 2.05) is 0 Å². The fourth-order valence-corrected chi connectivity index (χ4v) is 4.24. The van der Waals surface area contributed by atoms with Crippen LogP contribution in [0.25, 0.3) is 0 Å². The Morgan fingerprint density at radius 3 is 2.80 bits per heavy atom. The molecule has 2 N–H and O–H groups in total. The molecule has 2 fully saturated rings. The van der Waals surface area contributed by atoms with E-state index in [1.165, 1.54) is 6.92 Å². The fourth-order valence-electron chi connectivity index (χ4n) is 2.90. The number of nitrogens with zero attached hydrogens (tertiary/aromatic N) is 1. The third-order valence-corrected chi connectivity index (χ3v) is 5.22. The summed E-state index contributed by atoms with van der Waals surface area (Å²) in [4.78, 5) is 11.9. The summed E-state index contributed by atoms with van der Waals surface area (Å²) in [6.45, 7) is 1.50. The first-order valence-corrected chi connectivity index (χ1v) is 8.63. The van der Waals surface area contributed by atoms with Gasteiger partial charge < -0.3 is 10.1 Å². The van der Waals surface area contributed by atoms with Crippen molar-refractivity contribution < 1.29 is 17.9 Å². The first-order valence-electron chi connectivity index (χ1n) is 6.32. The zero-order valence-electron chi connectivity index (χ0n) is 10.7. The lowest BCUT2D eigenvalue weighted by Crippen LogP contribution is -2.41. The minimum Gasteiger partial charge on any atom is -0.373 e. The Morgan fingerprint density at radius 2 is 2.25 bits per heavy atom. The molecule has 20 heavy (non-hydrogen) atoms. The van der Waals surface area contributed by atoms with E-state index < -0.39 is 15.0 Å². The number of carbonyl (C=O) groups excluding carboxylic acids is 1. The lowest BCUT2D eigenvalue weighted by Gasteiger charge is -2.19. The van der Waals surface area contributed by atoms with Crippen molar-refractivity contribution in [3.63, 3.8) is 0 Å². The average molecular weight is 320 g/mol. The van der Waals surface area contributed by atoms with Gasteiger partial charge in [0, 0.05) is 10.7 Å². The standard InChI is InChI=1S/C11H14ClN3O4S/c1-5-10(20(12,17)18)9(15-14-5)11(16)13-7-4-6-2-3-8(7)19-6/h6-8H,2-4H2,1H3,(H,13,16)(H,14,15). The molecule has 3 rings (SSSR count). The highest BCUT2D eigenvalue weighted by Crippen LogP contribution is 2.34. The molecule has 2 saturated heterocycles. The molecule has 1 aromatic heterocycles. The molecule has 1 amide bonds. The summed E-state index contributed by atoms with van der Waals surface area (Å²) < 4.78 is 28.6. The predicted octanol–water partition coefficient (Wildman–Crippen LogP) is 0.695. The van der Waals surface area contributed by atoms with Gasteiger partial charge in [-0.15, -0.1) is 0 Å². The van der Waals surface area contributed by atoms with Gasteiger partial charge in [0.05, 0.1) is 23.9 Å². The molecule has 7 nitrogen and oxygen atoms in total. The van der Waals surface area contributed by atoms with Crippen LogP contribution in [0.1, 0.15) is 35.4 Å². The number of hydrogen-bond acceptors (Lipinski definition) is 5. The minimum absolute atomic E-state index is 0.0139. The summed E-state index contributed by atoms with van der Waals surface area (Å²) in [5, 5.41) is 9.01. The first-order chi connectivity index (χ1) is 9.36. The molecular formula is C11H14ClN3O4S. The van der Waals surface area contributed by atoms with E-state index in [0.717, 1.165) is 19.3 Å². The van der Waals surface area contributed by atoms with Gasteiger partial charge in [-0.3, -0.25) is 9.89 Å². The Labute approximate surface area is 120 Å². The van der Waals surface area contributed by atoms with Crippen LogP contribution in [0.3, 0.4) is 0 Å². The second-order valence-electron chi connectivity index (χ2n) is 5.15. The van der Waals surface area contributed by atoms with Crippen molar-refractivity contribution >= 4 is 25.6 Å². The lowest BCUT2D eigenvalue weighted by atomic mass is 9.95. The smallest absolute Gasteiger partial charge is 0.273 e. The SMILES string of the molecule is Cc1[nH]nc(C(=O)NC2CC3CCC2O3)c1S(=O)(=O)Cl. The van der Waals surface area contributed by atoms with Crippen molar-refractivity contribution in [2.75, 3.05) is 0 Å². The molecule has 2 aliphatic heterocycles. The van der Waals surface area contributed by atoms with Gasteiger partial charge >= 0.3 is 0 Å². The Bertz CT molecular complexity index is 657. The van der Waals surface area contributed by atoms with Crippen LogP contribution in [-0.2, 0) is 13.8 Å². The maximum atomic E-state index is 12.2. The number of aromatic amines is 1. The molecule has 110 valence electrons. The predicted molar refractivity (Wildman–Crippen MR) is 70.1 cm³/mol. The zero-order chi connectivity index (χ0) is 14.5. The summed E-state index contributed by atoms with van der Waals surface area (Å²) in [6.07, 6.45) is 2.89. The highest BCUT2D eigenvalue weighted by atomic mass is 35.7. The van der Waals surface area contributed by atoms with E-state index in [0.29, 0.717) is 0 Å². The van der Waals surface area contributed by atoms with Crippen molar-refractivity contribution in [1.82, 2.24) is 15.5 Å². The summed E-state index contributed by atoms with van der Waals surface area (Å²) in [5.74, 6) is -0.547. The number of aromatic nitrogens is 2. The monoisotopic (exact) mass is 319 g/mol. The van der Waals surface area contributed by atoms with E-state index in [2.05, 4.69) is 15.5 Å². The van der Waals surface area contributed by atoms with Crippen molar-refractivity contribution in [3.05, 3.63) is 11.4 Å². The summed E-state index contributed by atoms with van der Waals surface area (Å²) in [6, 6.07) is -0.0934. The van der Waals surface area contributed by atoms with Gasteiger partial charge in [0.25, 0.3) is 15.0 Å². The Morgan fingerprint density at radius 1 is 1.50 bits per heavy atom. The molecule has 3 atom stereocenters. The minimum atomic E-state index is -4.02. The number of amides is 1. The van der Waals surface area contributed by atoms with Crippen LogP contribution in [-0.4, -0.2) is 42.8 Å². The van der Waals surface area contributed by atoms with E-state index in [1.54, 1.807) is 0 Å². The number of hydrogen-bond donors (Lipinski definition) is 2. The van der Waals surface area contributed by atoms with Crippen molar-refractivity contribution in [3.8, 4) is 0 Å². The fraction of sp³-hybridized carbons (Fsp3) is 0.636. The maximum absolute atomic E-state index is 12.2. The molecule has 3 heterocycles. The zero-order valence-corrected chi connectivity index (χ0v) is 12.3. The van der Waals surface area contributed by atoms with Gasteiger partial charge in [0.2, 0.25) is 0 Å². The highest BCUT2D eigenvalue weighted by Gasteiger charge is 2.42. The molecule has 2 aliphatic rings. The molecule has 0 spiro atoms. The Hall–Kier alpha value is -1.12. The molecular weight excluding hydrogens is 306 g/mol. The average Bonchev–Trinajstić information content (AvgIpc) is 3.01. The number of aryl methyl sites for hydroxylation is 1. The van der Waals surface area contributed by atoms with Crippen LogP contribution in [0.5, 0.6) is 0 Å². The van der Waals surface area contributed by atoms with Gasteiger partial charge in [0.1, 0.15) is 4.90 Å². The Kier molecular flexibility index (Phi) is 3.26. The highest BCUT2D eigenvalue weighted by molar-refractivity contribution is 8.13. The molecule has 2 bridgehead atoms. The molecule has 1 aromatic rings. The van der Waals surface area contributed by atoms with Crippen molar-refractivity contribution in [1.29, 1.82) is 0 Å². The van der Waals surface area contributed by atoms with E-state index in [-0.39, 0.29) is 34.5 Å². The molecule has 9 heteroatoms. The van der Waals surface area contributed by atoms with E-state index >= 15 is 0 Å². The number of nitrogens with one attached hydrogen (secondary N) is 2. The van der Waals surface area contributed by atoms with Gasteiger partial charge in [-0.25, -0.2) is 8.42 Å². The van der Waals surface area contributed by atoms with E-state index in [9.17, 15) is 13.2 Å². The third-order valence-electron chi connectivity index (χ3n) is 3.77. The molecule has 0 radical (unpaired) electrons. The maximum Gasteiger partial charge on any atom is 0.273 e. The van der Waals surface area contributed by atoms with Gasteiger partial charge in [-0.2, -0.15) is 5.10 Å². The quantitative estimate of drug-likeness (QED) is 0.798. The van der Waals surface area contributed by atoms with Crippen LogP contribution in [0.15, 0.2) is 4.90 Å². The van der Waals surface area contributed by atoms with Crippen molar-refractivity contribution in [2.24, 2.45) is 0 Å². The van der Waals surface area contributed by atoms with Crippen LogP contribution in [0, 0.1) is 6.92 Å². The van der Waals surface area contributed by atoms with Gasteiger partial charge in [0.15, 0.2) is 5.69 Å². The summed E-state index contributed by atoms with van der Waals surface area (Å²) in [7, 11) is 1.32. The molecule has 0 aromatic carbocycles. The topological polar surface area (TPSA) is 101 Å². The van der Waals surface area contributed by atoms with Gasteiger partial charge in [-0.1, -0.05) is 0 Å². The van der Waals surface area contributed by atoms with Crippen LogP contribution in [0.2, 0.25) is 0 Å². The summed E-state index contributed by atoms with van der Waals surface area (Å²) in [5.41, 5.74) is 0.0506. The molecule has 0 aliphatic carbocycles. The lowest BCUT2D eigenvalue weighted by molar-refractivity contribution is 0.0835. The second kappa shape index (κ2) is 4.71. The number of carbonyl (C=O) groups is 1. The Balaban J connectivity index is 1.82. The largest absolute Gasteiger partial charge is 0.373 e. The number of fused-ring (bicyclic) bond motifs is 2. The van der Waals surface area contributed by atoms with Crippen LogP contribution < -0.4 is 5.32 Å². The normalized spacial score (nSPS) is 28.8. The number of halogens is 1. The van der Waals surface area contributed by atoms with E-state index in [4.69, 9.17) is 15.4 Å². The number of ether oxygens (including phenoxy) is 1. The summed E-state index contributed by atoms with van der Waals surface area (Å²) >= 11 is 0.